The number of halogens is 1. The van der Waals surface area contributed by atoms with Crippen LogP contribution in [0, 0.1) is 0 Å². The van der Waals surface area contributed by atoms with Crippen LogP contribution < -0.4 is 9.47 Å². The molecule has 1 fully saturated rings. The molecule has 5 heteroatoms. The molecular weight excluding hydrogens is 266 g/mol. The van der Waals surface area contributed by atoms with Crippen LogP contribution >= 0.6 is 11.6 Å². The van der Waals surface area contributed by atoms with E-state index in [-0.39, 0.29) is 5.91 Å². The van der Waals surface area contributed by atoms with Crippen molar-refractivity contribution >= 4 is 17.5 Å². The van der Waals surface area contributed by atoms with Crippen molar-refractivity contribution in [3.8, 4) is 11.5 Å². The number of carbonyl (C=O) groups is 1. The van der Waals surface area contributed by atoms with Crippen LogP contribution in [-0.4, -0.2) is 42.5 Å². The Morgan fingerprint density at radius 1 is 1.26 bits per heavy atom. The van der Waals surface area contributed by atoms with Crippen molar-refractivity contribution in [2.75, 3.05) is 25.6 Å². The fraction of sp³-hybridized carbons (Fsp3) is 0.500. The number of fused-ring (bicyclic) bond motifs is 1. The minimum atomic E-state index is 0.0279. The predicted octanol–water partition coefficient (Wildman–Crippen LogP) is 2.30. The molecule has 1 aromatic carbocycles. The summed E-state index contributed by atoms with van der Waals surface area (Å²) >= 11 is 5.78. The maximum Gasteiger partial charge on any atom is 0.254 e. The number of ether oxygens (including phenoxy) is 2. The van der Waals surface area contributed by atoms with Gasteiger partial charge >= 0.3 is 0 Å². The molecule has 4 nitrogen and oxygen atoms in total. The molecule has 0 spiro atoms. The Bertz CT molecular complexity index is 488. The van der Waals surface area contributed by atoms with Crippen molar-refractivity contribution in [2.24, 2.45) is 0 Å². The van der Waals surface area contributed by atoms with Gasteiger partial charge in [0.15, 0.2) is 11.5 Å². The van der Waals surface area contributed by atoms with E-state index in [0.717, 1.165) is 12.8 Å². The Kier molecular flexibility index (Phi) is 3.51. The molecule has 0 atom stereocenters. The van der Waals surface area contributed by atoms with Crippen LogP contribution in [0.15, 0.2) is 18.2 Å². The van der Waals surface area contributed by atoms with Gasteiger partial charge in [0, 0.05) is 24.0 Å². The summed E-state index contributed by atoms with van der Waals surface area (Å²) in [5, 5.41) is 0. The lowest BCUT2D eigenvalue weighted by molar-refractivity contribution is 0.0752. The van der Waals surface area contributed by atoms with Gasteiger partial charge in [-0.2, -0.15) is 0 Å². The summed E-state index contributed by atoms with van der Waals surface area (Å²) < 4.78 is 11.0. The molecule has 1 aliphatic carbocycles. The highest BCUT2D eigenvalue weighted by Gasteiger charge is 2.32. The van der Waals surface area contributed by atoms with Crippen molar-refractivity contribution in [2.45, 2.75) is 18.9 Å². The first-order chi connectivity index (χ1) is 9.29. The molecule has 0 unspecified atom stereocenters. The van der Waals surface area contributed by atoms with E-state index < -0.39 is 0 Å². The first-order valence-corrected chi connectivity index (χ1v) is 7.09. The molecule has 1 saturated carbocycles. The zero-order chi connectivity index (χ0) is 13.2. The smallest absolute Gasteiger partial charge is 0.254 e. The van der Waals surface area contributed by atoms with Gasteiger partial charge in [0.2, 0.25) is 0 Å². The van der Waals surface area contributed by atoms with Gasteiger partial charge in [-0.1, -0.05) is 0 Å². The minimum Gasteiger partial charge on any atom is -0.486 e. The number of benzene rings is 1. The number of alkyl halides is 1. The highest BCUT2D eigenvalue weighted by atomic mass is 35.5. The summed E-state index contributed by atoms with van der Waals surface area (Å²) in [4.78, 5) is 14.3. The van der Waals surface area contributed by atoms with E-state index in [1.807, 2.05) is 4.90 Å². The summed E-state index contributed by atoms with van der Waals surface area (Å²) in [5.41, 5.74) is 0.640. The molecule has 0 radical (unpaired) electrons. The van der Waals surface area contributed by atoms with Gasteiger partial charge in [-0.3, -0.25) is 4.79 Å². The van der Waals surface area contributed by atoms with Crippen molar-refractivity contribution in [1.29, 1.82) is 0 Å². The van der Waals surface area contributed by atoms with Crippen LogP contribution in [0.4, 0.5) is 0 Å². The molecule has 0 bridgehead atoms. The second kappa shape index (κ2) is 5.29. The molecule has 0 saturated heterocycles. The Labute approximate surface area is 117 Å². The van der Waals surface area contributed by atoms with Crippen molar-refractivity contribution in [1.82, 2.24) is 4.90 Å². The summed E-state index contributed by atoms with van der Waals surface area (Å²) in [7, 11) is 0. The quantitative estimate of drug-likeness (QED) is 0.795. The van der Waals surface area contributed by atoms with Crippen LogP contribution in [0.2, 0.25) is 0 Å². The highest BCUT2D eigenvalue weighted by molar-refractivity contribution is 6.18. The summed E-state index contributed by atoms with van der Waals surface area (Å²) in [6, 6.07) is 5.72. The lowest BCUT2D eigenvalue weighted by Crippen LogP contribution is -2.34. The van der Waals surface area contributed by atoms with Crippen LogP contribution in [0.3, 0.4) is 0 Å². The lowest BCUT2D eigenvalue weighted by atomic mass is 10.1. The van der Waals surface area contributed by atoms with E-state index in [4.69, 9.17) is 21.1 Å². The average Bonchev–Trinajstić information content (AvgIpc) is 3.28. The molecule has 102 valence electrons. The van der Waals surface area contributed by atoms with E-state index >= 15 is 0 Å². The first-order valence-electron chi connectivity index (χ1n) is 6.56. The fourth-order valence-electron chi connectivity index (χ4n) is 2.27. The number of nitrogens with zero attached hydrogens (tertiary/aromatic N) is 1. The van der Waals surface area contributed by atoms with Crippen molar-refractivity contribution < 1.29 is 14.3 Å². The van der Waals surface area contributed by atoms with E-state index in [9.17, 15) is 4.79 Å². The van der Waals surface area contributed by atoms with E-state index in [2.05, 4.69) is 0 Å². The molecule has 19 heavy (non-hydrogen) atoms. The van der Waals surface area contributed by atoms with Crippen LogP contribution in [0.25, 0.3) is 0 Å². The second-order valence-electron chi connectivity index (χ2n) is 4.78. The largest absolute Gasteiger partial charge is 0.486 e. The Hall–Kier alpha value is -1.42. The molecule has 0 N–H and O–H groups in total. The zero-order valence-electron chi connectivity index (χ0n) is 10.6. The molecule has 3 rings (SSSR count). The fourth-order valence-corrected chi connectivity index (χ4v) is 2.45. The number of carbonyl (C=O) groups excluding carboxylic acids is 1. The third-order valence-electron chi connectivity index (χ3n) is 3.36. The third-order valence-corrected chi connectivity index (χ3v) is 3.53. The number of hydrogen-bond donors (Lipinski definition) is 0. The molecule has 1 heterocycles. The summed E-state index contributed by atoms with van der Waals surface area (Å²) in [6.07, 6.45) is 2.15. The standard InChI is InChI=1S/C14H16ClNO3/c15-5-6-16(11-2-3-11)14(17)10-1-4-12-13(9-10)19-8-7-18-12/h1,4,9,11H,2-3,5-8H2. The molecule has 2 aliphatic rings. The van der Waals surface area contributed by atoms with Crippen LogP contribution in [-0.2, 0) is 0 Å². The van der Waals surface area contributed by atoms with Gasteiger partial charge in [-0.25, -0.2) is 0 Å². The first kappa shape index (κ1) is 12.6. The third kappa shape index (κ3) is 2.63. The average molecular weight is 282 g/mol. The van der Waals surface area contributed by atoms with Crippen LogP contribution in [0.5, 0.6) is 11.5 Å². The van der Waals surface area contributed by atoms with Gasteiger partial charge in [0.1, 0.15) is 13.2 Å². The molecule has 1 amide bonds. The summed E-state index contributed by atoms with van der Waals surface area (Å²) in [6.45, 7) is 1.68. The lowest BCUT2D eigenvalue weighted by Gasteiger charge is -2.23. The van der Waals surface area contributed by atoms with E-state index in [1.54, 1.807) is 18.2 Å². The molecular formula is C14H16ClNO3. The second-order valence-corrected chi connectivity index (χ2v) is 5.16. The topological polar surface area (TPSA) is 38.8 Å². The Morgan fingerprint density at radius 2 is 2.00 bits per heavy atom. The predicted molar refractivity (Wildman–Crippen MR) is 72.2 cm³/mol. The monoisotopic (exact) mass is 281 g/mol. The van der Waals surface area contributed by atoms with Gasteiger partial charge in [0.25, 0.3) is 5.91 Å². The maximum absolute atomic E-state index is 12.5. The van der Waals surface area contributed by atoms with Crippen LogP contribution in [0.1, 0.15) is 23.2 Å². The number of amides is 1. The molecule has 0 aromatic heterocycles. The van der Waals surface area contributed by atoms with Gasteiger partial charge in [0.05, 0.1) is 0 Å². The number of rotatable bonds is 4. The molecule has 1 aromatic rings. The Morgan fingerprint density at radius 3 is 2.68 bits per heavy atom. The molecule has 1 aliphatic heterocycles. The van der Waals surface area contributed by atoms with Crippen molar-refractivity contribution in [3.05, 3.63) is 23.8 Å². The van der Waals surface area contributed by atoms with Gasteiger partial charge < -0.3 is 14.4 Å². The summed E-state index contributed by atoms with van der Waals surface area (Å²) in [5.74, 6) is 1.85. The SMILES string of the molecule is O=C(c1ccc2c(c1)OCCO2)N(CCCl)C1CC1. The van der Waals surface area contributed by atoms with Gasteiger partial charge in [-0.05, 0) is 31.0 Å². The number of hydrogen-bond acceptors (Lipinski definition) is 3. The Balaban J connectivity index is 1.82. The highest BCUT2D eigenvalue weighted by Crippen LogP contribution is 2.33. The van der Waals surface area contributed by atoms with E-state index in [0.29, 0.717) is 48.7 Å². The van der Waals surface area contributed by atoms with E-state index in [1.165, 1.54) is 0 Å². The minimum absolute atomic E-state index is 0.0279. The van der Waals surface area contributed by atoms with Gasteiger partial charge in [-0.15, -0.1) is 11.6 Å². The van der Waals surface area contributed by atoms with Crippen molar-refractivity contribution in [3.63, 3.8) is 0 Å². The normalized spacial score (nSPS) is 17.1. The zero-order valence-corrected chi connectivity index (χ0v) is 11.4. The maximum atomic E-state index is 12.5.